The van der Waals surface area contributed by atoms with Crippen molar-refractivity contribution in [2.24, 2.45) is 0 Å². The fraction of sp³-hybridized carbons (Fsp3) is 0.222. The van der Waals surface area contributed by atoms with Gasteiger partial charge in [-0.1, -0.05) is 24.3 Å². The summed E-state index contributed by atoms with van der Waals surface area (Å²) in [6, 6.07) is 13.8. The fourth-order valence-corrected chi connectivity index (χ4v) is 3.34. The van der Waals surface area contributed by atoms with Crippen LogP contribution < -0.4 is 5.32 Å². The zero-order valence-corrected chi connectivity index (χ0v) is 14.5. The van der Waals surface area contributed by atoms with Crippen LogP contribution in [0.25, 0.3) is 0 Å². The molecule has 0 aromatic heterocycles. The number of ether oxygens (including phenoxy) is 1. The van der Waals surface area contributed by atoms with Crippen LogP contribution in [0.4, 0.5) is 0 Å². The van der Waals surface area contributed by atoms with E-state index >= 15 is 0 Å². The van der Waals surface area contributed by atoms with Crippen molar-refractivity contribution in [3.05, 3.63) is 60.2 Å². The van der Waals surface area contributed by atoms with Crippen molar-refractivity contribution in [3.63, 3.8) is 0 Å². The number of hydrogen-bond acceptors (Lipinski definition) is 5. The molecule has 1 amide bonds. The highest BCUT2D eigenvalue weighted by atomic mass is 32.2. The van der Waals surface area contributed by atoms with E-state index in [1.807, 2.05) is 6.07 Å². The number of methoxy groups -OCH3 is 1. The lowest BCUT2D eigenvalue weighted by atomic mass is 10.1. The fourth-order valence-electron chi connectivity index (χ4n) is 2.19. The van der Waals surface area contributed by atoms with E-state index in [0.29, 0.717) is 4.90 Å². The van der Waals surface area contributed by atoms with E-state index in [9.17, 15) is 18.9 Å². The molecule has 0 aliphatic heterocycles. The first-order valence-corrected chi connectivity index (χ1v) is 8.94. The van der Waals surface area contributed by atoms with E-state index in [0.717, 1.165) is 0 Å². The number of carbonyl (C=O) groups is 2. The van der Waals surface area contributed by atoms with Gasteiger partial charge in [-0.15, -0.1) is 0 Å². The molecule has 2 N–H and O–H groups in total. The van der Waals surface area contributed by atoms with Crippen LogP contribution in [0.3, 0.4) is 0 Å². The van der Waals surface area contributed by atoms with Gasteiger partial charge >= 0.3 is 5.97 Å². The SMILES string of the molecule is COC(=O)[C@H](CC[S@](=O)c1ccccc1)NC(=O)c1cccc(O)c1. The number of amides is 1. The van der Waals surface area contributed by atoms with E-state index in [1.54, 1.807) is 24.3 Å². The van der Waals surface area contributed by atoms with Crippen molar-refractivity contribution in [1.82, 2.24) is 5.32 Å². The van der Waals surface area contributed by atoms with Crippen LogP contribution in [0.15, 0.2) is 59.5 Å². The number of hydrogen-bond donors (Lipinski definition) is 2. The number of phenols is 1. The first kappa shape index (κ1) is 18.7. The summed E-state index contributed by atoms with van der Waals surface area (Å²) in [5.41, 5.74) is 0.220. The number of carbonyl (C=O) groups excluding carboxylic acids is 2. The van der Waals surface area contributed by atoms with Crippen molar-refractivity contribution in [1.29, 1.82) is 0 Å². The van der Waals surface area contributed by atoms with Gasteiger partial charge < -0.3 is 15.2 Å². The van der Waals surface area contributed by atoms with Gasteiger partial charge in [-0.2, -0.15) is 0 Å². The van der Waals surface area contributed by atoms with Crippen molar-refractivity contribution < 1.29 is 23.6 Å². The maximum absolute atomic E-state index is 12.3. The highest BCUT2D eigenvalue weighted by molar-refractivity contribution is 7.85. The Morgan fingerprint density at radius 1 is 1.16 bits per heavy atom. The molecule has 0 fully saturated rings. The first-order valence-electron chi connectivity index (χ1n) is 7.62. The molecule has 6 nitrogen and oxygen atoms in total. The molecule has 0 saturated carbocycles. The first-order chi connectivity index (χ1) is 12.0. The normalized spacial score (nSPS) is 12.8. The second-order valence-corrected chi connectivity index (χ2v) is 6.82. The Hall–Kier alpha value is -2.67. The Labute approximate surface area is 148 Å². The predicted octanol–water partition coefficient (Wildman–Crippen LogP) is 1.86. The summed E-state index contributed by atoms with van der Waals surface area (Å²) < 4.78 is 17.0. The average molecular weight is 361 g/mol. The molecule has 0 bridgehead atoms. The maximum atomic E-state index is 12.3. The van der Waals surface area contributed by atoms with Crippen LogP contribution in [-0.4, -0.2) is 40.1 Å². The Kier molecular flexibility index (Phi) is 6.71. The number of benzene rings is 2. The minimum absolute atomic E-state index is 0.0487. The summed E-state index contributed by atoms with van der Waals surface area (Å²) in [4.78, 5) is 24.8. The summed E-state index contributed by atoms with van der Waals surface area (Å²) >= 11 is 0. The lowest BCUT2D eigenvalue weighted by Crippen LogP contribution is -2.42. The molecule has 0 unspecified atom stereocenters. The monoisotopic (exact) mass is 361 g/mol. The standard InChI is InChI=1S/C18H19NO5S/c1-24-18(22)16(10-11-25(23)15-8-3-2-4-9-15)19-17(21)13-6-5-7-14(20)12-13/h2-9,12,16,20H,10-11H2,1H3,(H,19,21)/t16-,25-/m0/s1. The van der Waals surface area contributed by atoms with Crippen LogP contribution in [-0.2, 0) is 20.3 Å². The van der Waals surface area contributed by atoms with Gasteiger partial charge in [0.2, 0.25) is 0 Å². The van der Waals surface area contributed by atoms with Crippen LogP contribution >= 0.6 is 0 Å². The van der Waals surface area contributed by atoms with Gasteiger partial charge in [0, 0.05) is 16.2 Å². The highest BCUT2D eigenvalue weighted by Crippen LogP contribution is 2.12. The molecular weight excluding hydrogens is 342 g/mol. The number of esters is 1. The van der Waals surface area contributed by atoms with Crippen molar-refractivity contribution in [2.45, 2.75) is 17.4 Å². The van der Waals surface area contributed by atoms with E-state index < -0.39 is 28.7 Å². The van der Waals surface area contributed by atoms with E-state index in [1.165, 1.54) is 31.4 Å². The Morgan fingerprint density at radius 2 is 1.88 bits per heavy atom. The van der Waals surface area contributed by atoms with Gasteiger partial charge in [-0.25, -0.2) is 4.79 Å². The topological polar surface area (TPSA) is 92.7 Å². The maximum Gasteiger partial charge on any atom is 0.328 e. The van der Waals surface area contributed by atoms with E-state index in [-0.39, 0.29) is 23.5 Å². The molecule has 0 radical (unpaired) electrons. The number of phenolic OH excluding ortho intramolecular Hbond substituents is 1. The molecule has 0 heterocycles. The zero-order valence-electron chi connectivity index (χ0n) is 13.7. The molecule has 7 heteroatoms. The minimum Gasteiger partial charge on any atom is -0.508 e. The summed E-state index contributed by atoms with van der Waals surface area (Å²) in [5, 5.41) is 12.0. The summed E-state index contributed by atoms with van der Waals surface area (Å²) in [6.45, 7) is 0. The molecule has 0 aliphatic rings. The van der Waals surface area contributed by atoms with Gasteiger partial charge in [0.1, 0.15) is 11.8 Å². The molecular formula is C18H19NO5S. The highest BCUT2D eigenvalue weighted by Gasteiger charge is 2.23. The minimum atomic E-state index is -1.28. The number of rotatable bonds is 7. The third-order valence-electron chi connectivity index (χ3n) is 3.50. The van der Waals surface area contributed by atoms with Crippen LogP contribution in [0.1, 0.15) is 16.8 Å². The van der Waals surface area contributed by atoms with Crippen molar-refractivity contribution in [2.75, 3.05) is 12.9 Å². The number of aromatic hydroxyl groups is 1. The van der Waals surface area contributed by atoms with Gasteiger partial charge in [0.25, 0.3) is 5.91 Å². The Morgan fingerprint density at radius 3 is 2.52 bits per heavy atom. The Balaban J connectivity index is 2.02. The molecule has 2 rings (SSSR count). The molecule has 0 aliphatic carbocycles. The molecule has 0 spiro atoms. The second-order valence-electron chi connectivity index (χ2n) is 5.25. The second kappa shape index (κ2) is 8.98. The summed E-state index contributed by atoms with van der Waals surface area (Å²) in [7, 11) is -0.0584. The molecule has 132 valence electrons. The van der Waals surface area contributed by atoms with Crippen LogP contribution in [0.2, 0.25) is 0 Å². The number of nitrogens with one attached hydrogen (secondary N) is 1. The van der Waals surface area contributed by atoms with Gasteiger partial charge in [-0.3, -0.25) is 9.00 Å². The largest absolute Gasteiger partial charge is 0.508 e. The lowest BCUT2D eigenvalue weighted by molar-refractivity contribution is -0.142. The average Bonchev–Trinajstić information content (AvgIpc) is 2.64. The van der Waals surface area contributed by atoms with Gasteiger partial charge in [0.15, 0.2) is 0 Å². The van der Waals surface area contributed by atoms with Crippen LogP contribution in [0.5, 0.6) is 5.75 Å². The van der Waals surface area contributed by atoms with Gasteiger partial charge in [-0.05, 0) is 36.8 Å². The lowest BCUT2D eigenvalue weighted by Gasteiger charge is -2.16. The predicted molar refractivity (Wildman–Crippen MR) is 93.7 cm³/mol. The molecule has 2 aromatic rings. The van der Waals surface area contributed by atoms with Gasteiger partial charge in [0.05, 0.1) is 17.9 Å². The van der Waals surface area contributed by atoms with Crippen molar-refractivity contribution in [3.8, 4) is 5.75 Å². The summed E-state index contributed by atoms with van der Waals surface area (Å²) in [5.74, 6) is -0.979. The molecule has 2 aromatic carbocycles. The smallest absolute Gasteiger partial charge is 0.328 e. The third kappa shape index (κ3) is 5.42. The zero-order chi connectivity index (χ0) is 18.2. The third-order valence-corrected chi connectivity index (χ3v) is 4.90. The molecule has 25 heavy (non-hydrogen) atoms. The van der Waals surface area contributed by atoms with Crippen molar-refractivity contribution >= 4 is 22.7 Å². The van der Waals surface area contributed by atoms with Crippen LogP contribution in [0, 0.1) is 0 Å². The van der Waals surface area contributed by atoms with E-state index in [2.05, 4.69) is 5.32 Å². The molecule has 0 saturated heterocycles. The van der Waals surface area contributed by atoms with E-state index in [4.69, 9.17) is 4.74 Å². The quantitative estimate of drug-likeness (QED) is 0.735. The summed E-state index contributed by atoms with van der Waals surface area (Å²) in [6.07, 6.45) is 0.165. The molecule has 2 atom stereocenters. The Bertz CT molecular complexity index is 763.